The van der Waals surface area contributed by atoms with Crippen molar-refractivity contribution >= 4 is 11.8 Å². The molecule has 3 rings (SSSR count). The minimum absolute atomic E-state index is 0.0170. The molecule has 1 fully saturated rings. The number of nitrogens with zero attached hydrogens (tertiary/aromatic N) is 2. The first-order valence-corrected chi connectivity index (χ1v) is 9.45. The molecule has 1 aliphatic rings. The summed E-state index contributed by atoms with van der Waals surface area (Å²) in [6.45, 7) is 5.87. The molecule has 2 aromatic rings. The minimum Gasteiger partial charge on any atom is -0.337 e. The summed E-state index contributed by atoms with van der Waals surface area (Å²) < 4.78 is 0. The van der Waals surface area contributed by atoms with Gasteiger partial charge in [-0.05, 0) is 36.6 Å². The first-order valence-electron chi connectivity index (χ1n) is 9.45. The Morgan fingerprint density at radius 1 is 0.926 bits per heavy atom. The first-order chi connectivity index (χ1) is 12.9. The topological polar surface area (TPSA) is 66.6 Å². The van der Waals surface area contributed by atoms with E-state index < -0.39 is 5.54 Å². The van der Waals surface area contributed by atoms with E-state index in [9.17, 15) is 9.59 Å². The molecule has 1 aliphatic heterocycles. The van der Waals surface area contributed by atoms with E-state index >= 15 is 0 Å². The molecule has 0 spiro atoms. The molecular weight excluding hydrogens is 338 g/mol. The van der Waals surface area contributed by atoms with E-state index in [1.165, 1.54) is 5.56 Å². The van der Waals surface area contributed by atoms with Gasteiger partial charge in [0.1, 0.15) is 5.54 Å². The first kappa shape index (κ1) is 19.1. The van der Waals surface area contributed by atoms with Crippen molar-refractivity contribution in [3.8, 4) is 0 Å². The summed E-state index contributed by atoms with van der Waals surface area (Å²) in [7, 11) is 0. The van der Waals surface area contributed by atoms with Crippen molar-refractivity contribution in [3.05, 3.63) is 71.3 Å². The van der Waals surface area contributed by atoms with Gasteiger partial charge in [0.2, 0.25) is 5.91 Å². The molecule has 5 heteroatoms. The SMILES string of the molecule is CCc1ccc(C(=O)N2CCN(C(=O)C(C)(N)c3ccccc3)CC2)cc1. The van der Waals surface area contributed by atoms with E-state index in [-0.39, 0.29) is 11.8 Å². The molecule has 1 saturated heterocycles. The quantitative estimate of drug-likeness (QED) is 0.905. The lowest BCUT2D eigenvalue weighted by molar-refractivity contribution is -0.138. The van der Waals surface area contributed by atoms with Gasteiger partial charge in [0.15, 0.2) is 0 Å². The lowest BCUT2D eigenvalue weighted by Crippen LogP contribution is -2.57. The highest BCUT2D eigenvalue weighted by atomic mass is 16.2. The molecule has 1 atom stereocenters. The van der Waals surface area contributed by atoms with Crippen LogP contribution in [0.1, 0.15) is 35.3 Å². The van der Waals surface area contributed by atoms with Crippen molar-refractivity contribution in [2.75, 3.05) is 26.2 Å². The average molecular weight is 365 g/mol. The van der Waals surface area contributed by atoms with Gasteiger partial charge in [0.05, 0.1) is 0 Å². The predicted octanol–water partition coefficient (Wildman–Crippen LogP) is 2.41. The predicted molar refractivity (Wildman–Crippen MR) is 106 cm³/mol. The van der Waals surface area contributed by atoms with Crippen molar-refractivity contribution in [2.45, 2.75) is 25.8 Å². The van der Waals surface area contributed by atoms with Gasteiger partial charge in [-0.25, -0.2) is 0 Å². The van der Waals surface area contributed by atoms with Crippen LogP contribution in [-0.4, -0.2) is 47.8 Å². The van der Waals surface area contributed by atoms with Gasteiger partial charge in [-0.15, -0.1) is 0 Å². The van der Waals surface area contributed by atoms with Crippen LogP contribution in [0.2, 0.25) is 0 Å². The number of piperazine rings is 1. The molecule has 2 amide bonds. The number of rotatable bonds is 4. The molecule has 2 N–H and O–H groups in total. The Balaban J connectivity index is 1.62. The Morgan fingerprint density at radius 2 is 1.48 bits per heavy atom. The van der Waals surface area contributed by atoms with Gasteiger partial charge in [-0.2, -0.15) is 0 Å². The standard InChI is InChI=1S/C22H27N3O2/c1-3-17-9-11-18(12-10-17)20(26)24-13-15-25(16-14-24)21(27)22(2,23)19-7-5-4-6-8-19/h4-12H,3,13-16,23H2,1-2H3. The average Bonchev–Trinajstić information content (AvgIpc) is 2.73. The summed E-state index contributed by atoms with van der Waals surface area (Å²) in [5.41, 5.74) is 7.99. The number of carbonyl (C=O) groups is 2. The number of carbonyl (C=O) groups excluding carboxylic acids is 2. The summed E-state index contributed by atoms with van der Waals surface area (Å²) >= 11 is 0. The molecule has 5 nitrogen and oxygen atoms in total. The van der Waals surface area contributed by atoms with E-state index in [1.54, 1.807) is 16.7 Å². The molecule has 0 aromatic heterocycles. The van der Waals surface area contributed by atoms with E-state index in [0.717, 1.165) is 12.0 Å². The molecule has 0 saturated carbocycles. The van der Waals surface area contributed by atoms with Crippen LogP contribution in [0.4, 0.5) is 0 Å². The molecule has 1 unspecified atom stereocenters. The Hall–Kier alpha value is -2.66. The molecule has 1 heterocycles. The highest BCUT2D eigenvalue weighted by Crippen LogP contribution is 2.21. The minimum atomic E-state index is -1.07. The van der Waals surface area contributed by atoms with Gasteiger partial charge in [-0.3, -0.25) is 9.59 Å². The number of nitrogens with two attached hydrogens (primary N) is 1. The zero-order valence-corrected chi connectivity index (χ0v) is 16.0. The highest BCUT2D eigenvalue weighted by Gasteiger charge is 2.36. The van der Waals surface area contributed by atoms with Crippen molar-refractivity contribution in [3.63, 3.8) is 0 Å². The van der Waals surface area contributed by atoms with Crippen LogP contribution in [0.3, 0.4) is 0 Å². The van der Waals surface area contributed by atoms with Crippen molar-refractivity contribution in [1.29, 1.82) is 0 Å². The lowest BCUT2D eigenvalue weighted by atomic mass is 9.91. The van der Waals surface area contributed by atoms with E-state index in [4.69, 9.17) is 5.73 Å². The smallest absolute Gasteiger partial charge is 0.253 e. The summed E-state index contributed by atoms with van der Waals surface area (Å²) in [5.74, 6) is -0.0866. The highest BCUT2D eigenvalue weighted by molar-refractivity contribution is 5.94. The van der Waals surface area contributed by atoms with Crippen LogP contribution >= 0.6 is 0 Å². The lowest BCUT2D eigenvalue weighted by Gasteiger charge is -2.38. The van der Waals surface area contributed by atoms with E-state index in [0.29, 0.717) is 31.7 Å². The van der Waals surface area contributed by atoms with Crippen LogP contribution < -0.4 is 5.73 Å². The largest absolute Gasteiger partial charge is 0.337 e. The maximum Gasteiger partial charge on any atom is 0.253 e. The van der Waals surface area contributed by atoms with Gasteiger partial charge in [-0.1, -0.05) is 49.4 Å². The number of hydrogen-bond donors (Lipinski definition) is 1. The summed E-state index contributed by atoms with van der Waals surface area (Å²) in [6, 6.07) is 17.2. The zero-order valence-electron chi connectivity index (χ0n) is 16.0. The molecule has 0 radical (unpaired) electrons. The number of hydrogen-bond acceptors (Lipinski definition) is 3. The Labute approximate surface area is 160 Å². The normalized spacial score (nSPS) is 16.7. The van der Waals surface area contributed by atoms with Gasteiger partial charge in [0.25, 0.3) is 5.91 Å². The second-order valence-corrected chi connectivity index (χ2v) is 7.20. The molecule has 2 aromatic carbocycles. The fourth-order valence-electron chi connectivity index (χ4n) is 3.41. The molecule has 142 valence electrons. The second-order valence-electron chi connectivity index (χ2n) is 7.20. The van der Waals surface area contributed by atoms with E-state index in [2.05, 4.69) is 6.92 Å². The van der Waals surface area contributed by atoms with Crippen molar-refractivity contribution in [1.82, 2.24) is 9.80 Å². The van der Waals surface area contributed by atoms with Gasteiger partial charge >= 0.3 is 0 Å². The van der Waals surface area contributed by atoms with Crippen LogP contribution in [-0.2, 0) is 16.8 Å². The van der Waals surface area contributed by atoms with Crippen LogP contribution in [0.25, 0.3) is 0 Å². The van der Waals surface area contributed by atoms with Gasteiger partial charge < -0.3 is 15.5 Å². The van der Waals surface area contributed by atoms with Crippen molar-refractivity contribution < 1.29 is 9.59 Å². The Morgan fingerprint density at radius 3 is 2.04 bits per heavy atom. The third kappa shape index (κ3) is 4.03. The van der Waals surface area contributed by atoms with Crippen LogP contribution in [0.15, 0.2) is 54.6 Å². The second kappa shape index (κ2) is 7.92. The molecule has 27 heavy (non-hydrogen) atoms. The van der Waals surface area contributed by atoms with E-state index in [1.807, 2.05) is 54.6 Å². The fourth-order valence-corrected chi connectivity index (χ4v) is 3.41. The zero-order chi connectivity index (χ0) is 19.4. The number of benzene rings is 2. The number of aryl methyl sites for hydroxylation is 1. The monoisotopic (exact) mass is 365 g/mol. The van der Waals surface area contributed by atoms with Gasteiger partial charge in [0, 0.05) is 31.7 Å². The summed E-state index contributed by atoms with van der Waals surface area (Å²) in [6.07, 6.45) is 0.953. The Kier molecular flexibility index (Phi) is 5.61. The third-order valence-electron chi connectivity index (χ3n) is 5.28. The maximum absolute atomic E-state index is 12.9. The summed E-state index contributed by atoms with van der Waals surface area (Å²) in [4.78, 5) is 29.2. The third-order valence-corrected chi connectivity index (χ3v) is 5.28. The molecule has 0 bridgehead atoms. The molecular formula is C22H27N3O2. The summed E-state index contributed by atoms with van der Waals surface area (Å²) in [5, 5.41) is 0. The Bertz CT molecular complexity index is 792. The van der Waals surface area contributed by atoms with Crippen LogP contribution in [0, 0.1) is 0 Å². The maximum atomic E-state index is 12.9. The van der Waals surface area contributed by atoms with Crippen LogP contribution in [0.5, 0.6) is 0 Å². The number of amides is 2. The fraction of sp³-hybridized carbons (Fsp3) is 0.364. The van der Waals surface area contributed by atoms with Crippen molar-refractivity contribution in [2.24, 2.45) is 5.73 Å². The molecule has 0 aliphatic carbocycles.